The predicted octanol–water partition coefficient (Wildman–Crippen LogP) is 3.30. The lowest BCUT2D eigenvalue weighted by molar-refractivity contribution is -0.115. The highest BCUT2D eigenvalue weighted by atomic mass is 32.1. The molecule has 0 bridgehead atoms. The maximum absolute atomic E-state index is 12.3. The van der Waals surface area contributed by atoms with E-state index < -0.39 is 0 Å². The first-order chi connectivity index (χ1) is 13.8. The summed E-state index contributed by atoms with van der Waals surface area (Å²) in [4.78, 5) is 23.3. The third kappa shape index (κ3) is 4.85. The fraction of sp³-hybridized carbons (Fsp3) is 0.250. The summed E-state index contributed by atoms with van der Waals surface area (Å²) in [5, 5.41) is 8.67. The van der Waals surface area contributed by atoms with Crippen molar-refractivity contribution in [3.05, 3.63) is 59.7 Å². The smallest absolute Gasteiger partial charge is 0.230 e. The zero-order valence-electron chi connectivity index (χ0n) is 15.3. The second-order valence-corrected chi connectivity index (χ2v) is 7.21. The highest BCUT2D eigenvalue weighted by Gasteiger charge is 2.12. The van der Waals surface area contributed by atoms with Crippen LogP contribution in [0.4, 0.5) is 22.3 Å². The van der Waals surface area contributed by atoms with Crippen molar-refractivity contribution in [3.63, 3.8) is 0 Å². The van der Waals surface area contributed by atoms with Gasteiger partial charge in [-0.05, 0) is 36.4 Å². The Hall–Kier alpha value is -2.97. The molecule has 2 N–H and O–H groups in total. The van der Waals surface area contributed by atoms with E-state index in [0.29, 0.717) is 0 Å². The summed E-state index contributed by atoms with van der Waals surface area (Å²) in [6, 6.07) is 13.5. The Balaban J connectivity index is 1.30. The lowest BCUT2D eigenvalue weighted by atomic mass is 10.2. The number of nitrogens with one attached hydrogen (secondary N) is 2. The van der Waals surface area contributed by atoms with Gasteiger partial charge in [-0.2, -0.15) is 0 Å². The molecule has 1 aliphatic rings. The fourth-order valence-electron chi connectivity index (χ4n) is 2.94. The van der Waals surface area contributed by atoms with Gasteiger partial charge in [0.2, 0.25) is 5.91 Å². The molecule has 4 rings (SSSR count). The lowest BCUT2D eigenvalue weighted by Gasteiger charge is -2.28. The second-order valence-electron chi connectivity index (χ2n) is 6.36. The van der Waals surface area contributed by atoms with Crippen molar-refractivity contribution in [2.24, 2.45) is 0 Å². The molecule has 1 aliphatic heterocycles. The molecule has 3 aromatic rings. The maximum atomic E-state index is 12.3. The van der Waals surface area contributed by atoms with Crippen LogP contribution in [-0.2, 0) is 16.0 Å². The van der Waals surface area contributed by atoms with E-state index >= 15 is 0 Å². The lowest BCUT2D eigenvalue weighted by Crippen LogP contribution is -2.36. The molecule has 1 saturated heterocycles. The summed E-state index contributed by atoms with van der Waals surface area (Å²) in [5.41, 5.74) is 2.65. The molecule has 0 spiro atoms. The van der Waals surface area contributed by atoms with Crippen LogP contribution in [-0.4, -0.2) is 42.2 Å². The number of anilines is 4. The number of carbonyl (C=O) groups excluding carboxylic acids is 1. The van der Waals surface area contributed by atoms with Crippen LogP contribution in [0, 0.1) is 0 Å². The van der Waals surface area contributed by atoms with E-state index in [1.807, 2.05) is 47.8 Å². The van der Waals surface area contributed by atoms with Crippen LogP contribution in [0.5, 0.6) is 0 Å². The number of thiazole rings is 1. The maximum Gasteiger partial charge on any atom is 0.230 e. The summed E-state index contributed by atoms with van der Waals surface area (Å²) in [6.07, 6.45) is 1.94. The Morgan fingerprint density at radius 2 is 1.96 bits per heavy atom. The van der Waals surface area contributed by atoms with Gasteiger partial charge in [-0.3, -0.25) is 4.79 Å². The molecule has 2 aromatic heterocycles. The molecule has 28 heavy (non-hydrogen) atoms. The first-order valence-corrected chi connectivity index (χ1v) is 9.99. The van der Waals surface area contributed by atoms with Gasteiger partial charge in [-0.25, -0.2) is 9.97 Å². The quantitative estimate of drug-likeness (QED) is 0.667. The number of morpholine rings is 1. The number of nitrogens with zero attached hydrogens (tertiary/aromatic N) is 3. The zero-order valence-corrected chi connectivity index (χ0v) is 16.1. The number of hydrogen-bond acceptors (Lipinski definition) is 7. The van der Waals surface area contributed by atoms with Gasteiger partial charge in [0.05, 0.1) is 25.3 Å². The molecular formula is C20H21N5O2S. The third-order valence-electron chi connectivity index (χ3n) is 4.32. The van der Waals surface area contributed by atoms with Crippen LogP contribution in [0.15, 0.2) is 54.0 Å². The summed E-state index contributed by atoms with van der Waals surface area (Å²) < 4.78 is 5.38. The average molecular weight is 395 g/mol. The Kier molecular flexibility index (Phi) is 5.79. The highest BCUT2D eigenvalue weighted by Crippen LogP contribution is 2.21. The second kappa shape index (κ2) is 8.81. The minimum Gasteiger partial charge on any atom is -0.378 e. The van der Waals surface area contributed by atoms with Gasteiger partial charge in [0, 0.05) is 36.0 Å². The van der Waals surface area contributed by atoms with Crippen molar-refractivity contribution in [3.8, 4) is 0 Å². The number of rotatable bonds is 6. The zero-order chi connectivity index (χ0) is 19.2. The van der Waals surface area contributed by atoms with Crippen molar-refractivity contribution in [2.75, 3.05) is 41.8 Å². The monoisotopic (exact) mass is 395 g/mol. The van der Waals surface area contributed by atoms with Crippen molar-refractivity contribution in [1.29, 1.82) is 0 Å². The van der Waals surface area contributed by atoms with E-state index in [1.165, 1.54) is 11.3 Å². The molecule has 0 atom stereocenters. The number of ether oxygens (including phenoxy) is 1. The van der Waals surface area contributed by atoms with E-state index in [0.717, 1.165) is 54.3 Å². The van der Waals surface area contributed by atoms with Crippen molar-refractivity contribution >= 4 is 39.6 Å². The van der Waals surface area contributed by atoms with Gasteiger partial charge in [0.15, 0.2) is 5.13 Å². The van der Waals surface area contributed by atoms with Gasteiger partial charge in [0.25, 0.3) is 0 Å². The van der Waals surface area contributed by atoms with Gasteiger partial charge in [0.1, 0.15) is 5.82 Å². The van der Waals surface area contributed by atoms with Crippen molar-refractivity contribution in [2.45, 2.75) is 6.42 Å². The molecule has 1 fully saturated rings. The molecule has 0 radical (unpaired) electrons. The number of carbonyl (C=O) groups is 1. The molecule has 3 heterocycles. The van der Waals surface area contributed by atoms with E-state index in [2.05, 4.69) is 25.5 Å². The number of benzene rings is 1. The molecule has 8 heteroatoms. The highest BCUT2D eigenvalue weighted by molar-refractivity contribution is 7.13. The Labute approximate surface area is 167 Å². The van der Waals surface area contributed by atoms with Crippen LogP contribution in [0.1, 0.15) is 5.69 Å². The molecule has 1 aromatic carbocycles. The van der Waals surface area contributed by atoms with Gasteiger partial charge in [-0.1, -0.05) is 6.07 Å². The van der Waals surface area contributed by atoms with Crippen LogP contribution < -0.4 is 15.5 Å². The number of hydrogen-bond donors (Lipinski definition) is 2. The van der Waals surface area contributed by atoms with Crippen molar-refractivity contribution in [1.82, 2.24) is 9.97 Å². The van der Waals surface area contributed by atoms with Crippen LogP contribution in [0.2, 0.25) is 0 Å². The molecule has 1 amide bonds. The van der Waals surface area contributed by atoms with E-state index in [-0.39, 0.29) is 12.3 Å². The first-order valence-electron chi connectivity index (χ1n) is 9.11. The van der Waals surface area contributed by atoms with Crippen molar-refractivity contribution < 1.29 is 9.53 Å². The van der Waals surface area contributed by atoms with Crippen LogP contribution >= 0.6 is 11.3 Å². The SMILES string of the molecule is O=C(Cc1csc(Nc2ccccn2)n1)Nc1ccc(N2CCOCC2)cc1. The Morgan fingerprint density at radius 3 is 2.71 bits per heavy atom. The molecule has 7 nitrogen and oxygen atoms in total. The Morgan fingerprint density at radius 1 is 1.14 bits per heavy atom. The largest absolute Gasteiger partial charge is 0.378 e. The summed E-state index contributed by atoms with van der Waals surface area (Å²) in [7, 11) is 0. The van der Waals surface area contributed by atoms with E-state index in [9.17, 15) is 4.79 Å². The molecule has 144 valence electrons. The standard InChI is InChI=1S/C20H21N5O2S/c26-19(13-16-14-28-20(23-16)24-18-3-1-2-8-21-18)22-15-4-6-17(7-5-15)25-9-11-27-12-10-25/h1-8,14H,9-13H2,(H,22,26)(H,21,23,24). The topological polar surface area (TPSA) is 79.4 Å². The summed E-state index contributed by atoms with van der Waals surface area (Å²) in [5.74, 6) is 0.641. The minimum atomic E-state index is -0.0891. The first kappa shape index (κ1) is 18.4. The number of aromatic nitrogens is 2. The molecular weight excluding hydrogens is 374 g/mol. The van der Waals surface area contributed by atoms with Crippen LogP contribution in [0.3, 0.4) is 0 Å². The average Bonchev–Trinajstić information content (AvgIpc) is 3.16. The van der Waals surface area contributed by atoms with E-state index in [4.69, 9.17) is 4.74 Å². The fourth-order valence-corrected chi connectivity index (χ4v) is 3.66. The van der Waals surface area contributed by atoms with Crippen LogP contribution in [0.25, 0.3) is 0 Å². The predicted molar refractivity (Wildman–Crippen MR) is 111 cm³/mol. The van der Waals surface area contributed by atoms with Gasteiger partial charge >= 0.3 is 0 Å². The molecule has 0 aliphatic carbocycles. The Bertz CT molecular complexity index is 908. The van der Waals surface area contributed by atoms with Gasteiger partial charge in [-0.15, -0.1) is 11.3 Å². The number of pyridine rings is 1. The normalized spacial score (nSPS) is 13.9. The molecule has 0 saturated carbocycles. The molecule has 0 unspecified atom stereocenters. The van der Waals surface area contributed by atoms with E-state index in [1.54, 1.807) is 6.20 Å². The summed E-state index contributed by atoms with van der Waals surface area (Å²) >= 11 is 1.45. The van der Waals surface area contributed by atoms with Gasteiger partial charge < -0.3 is 20.3 Å². The third-order valence-corrected chi connectivity index (χ3v) is 5.13. The minimum absolute atomic E-state index is 0.0891. The summed E-state index contributed by atoms with van der Waals surface area (Å²) in [6.45, 7) is 3.29. The number of amides is 1.